The van der Waals surface area contributed by atoms with Crippen LogP contribution in [0.2, 0.25) is 0 Å². The highest BCUT2D eigenvalue weighted by Crippen LogP contribution is 2.14. The number of fused-ring (bicyclic) bond motifs is 1. The summed E-state index contributed by atoms with van der Waals surface area (Å²) in [6.45, 7) is 0.728. The highest BCUT2D eigenvalue weighted by molar-refractivity contribution is 7.98. The van der Waals surface area contributed by atoms with Crippen molar-refractivity contribution >= 4 is 28.7 Å². The third-order valence-electron chi connectivity index (χ3n) is 2.62. The Kier molecular flexibility index (Phi) is 4.09. The number of nitrogens with one attached hydrogen (secondary N) is 1. The summed E-state index contributed by atoms with van der Waals surface area (Å²) in [5.41, 5.74) is 0.954. The zero-order chi connectivity index (χ0) is 12.1. The predicted octanol–water partition coefficient (Wildman–Crippen LogP) is 2.95. The van der Waals surface area contributed by atoms with E-state index < -0.39 is 0 Å². The molecule has 3 nitrogen and oxygen atoms in total. The van der Waals surface area contributed by atoms with Crippen LogP contribution in [0.3, 0.4) is 0 Å². The van der Waals surface area contributed by atoms with Crippen molar-refractivity contribution < 1.29 is 4.79 Å². The van der Waals surface area contributed by atoms with E-state index in [0.717, 1.165) is 29.6 Å². The van der Waals surface area contributed by atoms with Crippen molar-refractivity contribution in [2.75, 3.05) is 18.6 Å². The molecule has 0 saturated carbocycles. The van der Waals surface area contributed by atoms with E-state index in [1.807, 2.05) is 36.5 Å². The summed E-state index contributed by atoms with van der Waals surface area (Å²) >= 11 is 1.80. The second-order valence-electron chi connectivity index (χ2n) is 3.82. The summed E-state index contributed by atoms with van der Waals surface area (Å²) in [5.74, 6) is 1.08. The molecule has 4 heteroatoms. The van der Waals surface area contributed by atoms with Crippen LogP contribution in [-0.2, 0) is 0 Å². The van der Waals surface area contributed by atoms with E-state index in [1.165, 1.54) is 0 Å². The highest BCUT2D eigenvalue weighted by Gasteiger charge is 2.06. The molecule has 0 unspecified atom stereocenters. The average Bonchev–Trinajstić information content (AvgIpc) is 2.78. The molecule has 0 spiro atoms. The lowest BCUT2D eigenvalue weighted by molar-refractivity contribution is 0.243. The van der Waals surface area contributed by atoms with Crippen LogP contribution in [0.5, 0.6) is 0 Å². The molecule has 0 fully saturated rings. The molecule has 1 amide bonds. The smallest absolute Gasteiger partial charge is 0.326 e. The summed E-state index contributed by atoms with van der Waals surface area (Å²) < 4.78 is 1.66. The van der Waals surface area contributed by atoms with Gasteiger partial charge in [-0.2, -0.15) is 11.8 Å². The molecule has 0 aliphatic heterocycles. The standard InChI is InChI=1S/C13H16N2OS/c1-17-10-4-8-14-13(16)15-9-7-11-5-2-3-6-12(11)15/h2-3,5-7,9H,4,8,10H2,1H3,(H,14,16). The van der Waals surface area contributed by atoms with Crippen molar-refractivity contribution in [1.29, 1.82) is 0 Å². The van der Waals surface area contributed by atoms with Crippen LogP contribution in [-0.4, -0.2) is 29.2 Å². The van der Waals surface area contributed by atoms with Crippen molar-refractivity contribution in [3.63, 3.8) is 0 Å². The monoisotopic (exact) mass is 248 g/mol. The molecule has 1 N–H and O–H groups in total. The number of hydrogen-bond donors (Lipinski definition) is 1. The van der Waals surface area contributed by atoms with E-state index in [-0.39, 0.29) is 6.03 Å². The molecular weight excluding hydrogens is 232 g/mol. The first-order valence-corrected chi connectivity index (χ1v) is 7.05. The Labute approximate surface area is 105 Å². The molecule has 0 bridgehead atoms. The lowest BCUT2D eigenvalue weighted by Crippen LogP contribution is -2.29. The van der Waals surface area contributed by atoms with Crippen molar-refractivity contribution in [1.82, 2.24) is 9.88 Å². The van der Waals surface area contributed by atoms with Gasteiger partial charge in [0.15, 0.2) is 0 Å². The highest BCUT2D eigenvalue weighted by atomic mass is 32.2. The van der Waals surface area contributed by atoms with E-state index in [2.05, 4.69) is 11.6 Å². The van der Waals surface area contributed by atoms with Crippen molar-refractivity contribution in [2.24, 2.45) is 0 Å². The third-order valence-corrected chi connectivity index (χ3v) is 3.32. The van der Waals surface area contributed by atoms with E-state index in [9.17, 15) is 4.79 Å². The maximum Gasteiger partial charge on any atom is 0.326 e. The molecule has 1 aromatic carbocycles. The number of carbonyl (C=O) groups is 1. The molecule has 1 aromatic heterocycles. The van der Waals surface area contributed by atoms with Crippen LogP contribution < -0.4 is 5.32 Å². The first kappa shape index (κ1) is 12.0. The van der Waals surface area contributed by atoms with Gasteiger partial charge in [-0.25, -0.2) is 4.79 Å². The van der Waals surface area contributed by atoms with Gasteiger partial charge in [-0.15, -0.1) is 0 Å². The number of amides is 1. The Morgan fingerprint density at radius 1 is 1.35 bits per heavy atom. The maximum atomic E-state index is 11.9. The maximum absolute atomic E-state index is 11.9. The molecule has 17 heavy (non-hydrogen) atoms. The van der Waals surface area contributed by atoms with Crippen LogP contribution in [0.4, 0.5) is 4.79 Å². The van der Waals surface area contributed by atoms with E-state index >= 15 is 0 Å². The fourth-order valence-electron chi connectivity index (χ4n) is 1.76. The Morgan fingerprint density at radius 2 is 2.18 bits per heavy atom. The number of aromatic nitrogens is 1. The van der Waals surface area contributed by atoms with Crippen LogP contribution >= 0.6 is 11.8 Å². The summed E-state index contributed by atoms with van der Waals surface area (Å²) in [7, 11) is 0. The third kappa shape index (κ3) is 2.82. The largest absolute Gasteiger partial charge is 0.337 e. The van der Waals surface area contributed by atoms with Gasteiger partial charge < -0.3 is 5.32 Å². The second kappa shape index (κ2) is 5.77. The molecule has 90 valence electrons. The number of carbonyl (C=O) groups excluding carboxylic acids is 1. The Morgan fingerprint density at radius 3 is 3.00 bits per heavy atom. The molecular formula is C13H16N2OS. The molecule has 0 aliphatic rings. The number of benzene rings is 1. The van der Waals surface area contributed by atoms with Gasteiger partial charge in [0.25, 0.3) is 0 Å². The second-order valence-corrected chi connectivity index (χ2v) is 4.81. The zero-order valence-corrected chi connectivity index (χ0v) is 10.7. The lowest BCUT2D eigenvalue weighted by Gasteiger charge is -2.06. The van der Waals surface area contributed by atoms with Crippen LogP contribution in [0.1, 0.15) is 6.42 Å². The molecule has 1 heterocycles. The van der Waals surface area contributed by atoms with E-state index in [0.29, 0.717) is 0 Å². The van der Waals surface area contributed by atoms with Gasteiger partial charge in [-0.05, 0) is 30.6 Å². The van der Waals surface area contributed by atoms with Crippen LogP contribution in [0.15, 0.2) is 36.5 Å². The summed E-state index contributed by atoms with van der Waals surface area (Å²) in [6.07, 6.45) is 4.89. The van der Waals surface area contributed by atoms with Crippen molar-refractivity contribution in [3.05, 3.63) is 36.5 Å². The minimum absolute atomic E-state index is 0.0488. The van der Waals surface area contributed by atoms with Gasteiger partial charge in [-0.1, -0.05) is 18.2 Å². The van der Waals surface area contributed by atoms with E-state index in [4.69, 9.17) is 0 Å². The summed E-state index contributed by atoms with van der Waals surface area (Å²) in [5, 5.41) is 4.01. The van der Waals surface area contributed by atoms with Gasteiger partial charge in [0, 0.05) is 18.1 Å². The van der Waals surface area contributed by atoms with Crippen LogP contribution in [0.25, 0.3) is 10.9 Å². The van der Waals surface area contributed by atoms with Gasteiger partial charge in [0.1, 0.15) is 0 Å². The molecule has 0 radical (unpaired) electrons. The number of rotatable bonds is 4. The normalized spacial score (nSPS) is 10.6. The number of para-hydroxylation sites is 1. The molecule has 0 saturated heterocycles. The minimum Gasteiger partial charge on any atom is -0.337 e. The Hall–Kier alpha value is -1.42. The molecule has 0 aliphatic carbocycles. The Bertz CT molecular complexity index is 507. The Balaban J connectivity index is 2.04. The fraction of sp³-hybridized carbons (Fsp3) is 0.308. The zero-order valence-electron chi connectivity index (χ0n) is 9.85. The lowest BCUT2D eigenvalue weighted by atomic mass is 10.2. The molecule has 2 aromatic rings. The number of hydrogen-bond acceptors (Lipinski definition) is 2. The predicted molar refractivity (Wildman–Crippen MR) is 73.7 cm³/mol. The van der Waals surface area contributed by atoms with Crippen molar-refractivity contribution in [2.45, 2.75) is 6.42 Å². The topological polar surface area (TPSA) is 34.0 Å². The minimum atomic E-state index is -0.0488. The summed E-state index contributed by atoms with van der Waals surface area (Å²) in [6, 6.07) is 9.79. The van der Waals surface area contributed by atoms with Gasteiger partial charge in [0.2, 0.25) is 0 Å². The van der Waals surface area contributed by atoms with Crippen LogP contribution in [0, 0.1) is 0 Å². The van der Waals surface area contributed by atoms with Gasteiger partial charge in [-0.3, -0.25) is 4.57 Å². The van der Waals surface area contributed by atoms with Crippen molar-refractivity contribution in [3.8, 4) is 0 Å². The molecule has 0 atom stereocenters. The van der Waals surface area contributed by atoms with Gasteiger partial charge >= 0.3 is 6.03 Å². The average molecular weight is 248 g/mol. The first-order valence-electron chi connectivity index (χ1n) is 5.66. The quantitative estimate of drug-likeness (QED) is 0.844. The number of nitrogens with zero attached hydrogens (tertiary/aromatic N) is 1. The summed E-state index contributed by atoms with van der Waals surface area (Å²) in [4.78, 5) is 11.9. The first-order chi connectivity index (χ1) is 8.33. The SMILES string of the molecule is CSCCCNC(=O)n1ccc2ccccc21. The molecule has 2 rings (SSSR count). The van der Waals surface area contributed by atoms with E-state index in [1.54, 1.807) is 16.3 Å². The number of thioether (sulfide) groups is 1. The van der Waals surface area contributed by atoms with Gasteiger partial charge in [0.05, 0.1) is 5.52 Å². The fourth-order valence-corrected chi connectivity index (χ4v) is 2.19.